The number of β-amino-alcohol motifs (C(OH)–C–C–N with tert-alkyl or cyclic N) is 1. The van der Waals surface area contributed by atoms with Crippen molar-refractivity contribution in [3.05, 3.63) is 70.3 Å². The third-order valence-electron chi connectivity index (χ3n) is 10.1. The highest BCUT2D eigenvalue weighted by molar-refractivity contribution is 9.10. The van der Waals surface area contributed by atoms with Gasteiger partial charge in [-0.2, -0.15) is 0 Å². The molecule has 2 aromatic carbocycles. The molecule has 3 amide bonds. The van der Waals surface area contributed by atoms with Gasteiger partial charge >= 0.3 is 5.97 Å². The van der Waals surface area contributed by atoms with E-state index in [1.807, 2.05) is 54.7 Å². The summed E-state index contributed by atoms with van der Waals surface area (Å²) in [6, 6.07) is 13.4. The average Bonchev–Trinajstić information content (AvgIpc) is 3.64. The SMILES string of the molecule is CN(Cc1ccccc1Br)C(=O)C(Cc1c[nH]c2ccccc12)NC(=O)C1CC(O)CN1C(=O)C1C2CCC(CC2)C1C(=O)O. The first kappa shape index (κ1) is 31.3. The Hall–Kier alpha value is -3.70. The zero-order chi connectivity index (χ0) is 31.8. The van der Waals surface area contributed by atoms with Gasteiger partial charge in [0, 0.05) is 54.6 Å². The number of nitrogens with one attached hydrogen (secondary N) is 2. The summed E-state index contributed by atoms with van der Waals surface area (Å²) in [7, 11) is 1.69. The number of amides is 3. The van der Waals surface area contributed by atoms with Gasteiger partial charge in [-0.15, -0.1) is 0 Å². The Morgan fingerprint density at radius 3 is 2.38 bits per heavy atom. The first-order valence-corrected chi connectivity index (χ1v) is 16.5. The van der Waals surface area contributed by atoms with Crippen LogP contribution in [0.3, 0.4) is 0 Å². The van der Waals surface area contributed by atoms with Gasteiger partial charge < -0.3 is 30.3 Å². The van der Waals surface area contributed by atoms with Crippen LogP contribution >= 0.6 is 15.9 Å². The summed E-state index contributed by atoms with van der Waals surface area (Å²) < 4.78 is 0.868. The van der Waals surface area contributed by atoms with Crippen molar-refractivity contribution >= 4 is 50.5 Å². The molecular formula is C34H39BrN4O6. The molecule has 1 saturated heterocycles. The molecule has 11 heteroatoms. The lowest BCUT2D eigenvalue weighted by Gasteiger charge is -2.47. The van der Waals surface area contributed by atoms with E-state index in [1.54, 1.807) is 11.9 Å². The molecule has 1 aliphatic heterocycles. The van der Waals surface area contributed by atoms with E-state index in [0.29, 0.717) is 6.54 Å². The fraction of sp³-hybridized carbons (Fsp3) is 0.471. The normalized spacial score (nSPS) is 26.5. The molecule has 238 valence electrons. The predicted molar refractivity (Wildman–Crippen MR) is 171 cm³/mol. The molecule has 45 heavy (non-hydrogen) atoms. The summed E-state index contributed by atoms with van der Waals surface area (Å²) in [5, 5.41) is 24.6. The number of aromatic nitrogens is 1. The first-order valence-electron chi connectivity index (χ1n) is 15.7. The molecule has 3 aliphatic carbocycles. The number of nitrogens with zero attached hydrogens (tertiary/aromatic N) is 2. The van der Waals surface area contributed by atoms with Crippen LogP contribution < -0.4 is 5.32 Å². The van der Waals surface area contributed by atoms with E-state index >= 15 is 0 Å². The van der Waals surface area contributed by atoms with Crippen molar-refractivity contribution in [3.63, 3.8) is 0 Å². The number of likely N-dealkylation sites (tertiary alicyclic amines) is 1. The van der Waals surface area contributed by atoms with Crippen LogP contribution in [-0.4, -0.2) is 80.5 Å². The second-order valence-corrected chi connectivity index (χ2v) is 13.7. The van der Waals surface area contributed by atoms with E-state index in [9.17, 15) is 29.4 Å². The smallest absolute Gasteiger partial charge is 0.307 e. The second kappa shape index (κ2) is 13.0. The van der Waals surface area contributed by atoms with Crippen LogP contribution in [0.2, 0.25) is 0 Å². The van der Waals surface area contributed by atoms with Crippen LogP contribution in [0.1, 0.15) is 43.2 Å². The van der Waals surface area contributed by atoms with Gasteiger partial charge in [0.2, 0.25) is 17.7 Å². The van der Waals surface area contributed by atoms with Crippen LogP contribution in [0.5, 0.6) is 0 Å². The van der Waals surface area contributed by atoms with Crippen molar-refractivity contribution in [2.24, 2.45) is 23.7 Å². The Morgan fingerprint density at radius 1 is 1.00 bits per heavy atom. The molecule has 5 atom stereocenters. The van der Waals surface area contributed by atoms with Crippen molar-refractivity contribution in [2.45, 2.75) is 63.3 Å². The molecule has 7 rings (SSSR count). The third-order valence-corrected chi connectivity index (χ3v) is 10.9. The number of H-pyrrole nitrogens is 1. The number of rotatable bonds is 9. The number of carbonyl (C=O) groups excluding carboxylic acids is 3. The fourth-order valence-corrected chi connectivity index (χ4v) is 8.28. The van der Waals surface area contributed by atoms with Crippen LogP contribution in [0.4, 0.5) is 0 Å². The number of carboxylic acids is 1. The van der Waals surface area contributed by atoms with Gasteiger partial charge in [-0.1, -0.05) is 52.3 Å². The molecule has 4 N–H and O–H groups in total. The summed E-state index contributed by atoms with van der Waals surface area (Å²) in [4.78, 5) is 60.5. The van der Waals surface area contributed by atoms with E-state index in [-0.39, 0.29) is 43.0 Å². The maximum absolute atomic E-state index is 14.0. The molecule has 4 fully saturated rings. The highest BCUT2D eigenvalue weighted by Gasteiger charge is 2.53. The lowest BCUT2D eigenvalue weighted by atomic mass is 9.58. The summed E-state index contributed by atoms with van der Waals surface area (Å²) in [6.45, 7) is 0.272. The number of para-hydroxylation sites is 1. The number of carbonyl (C=O) groups is 4. The molecule has 10 nitrogen and oxygen atoms in total. The Morgan fingerprint density at radius 2 is 1.67 bits per heavy atom. The van der Waals surface area contributed by atoms with Crippen LogP contribution in [0.15, 0.2) is 59.2 Å². The molecule has 0 spiro atoms. The molecule has 2 bridgehead atoms. The lowest BCUT2D eigenvalue weighted by Crippen LogP contribution is -2.57. The largest absolute Gasteiger partial charge is 0.481 e. The predicted octanol–water partition coefficient (Wildman–Crippen LogP) is 3.72. The number of halogens is 1. The number of fused-ring (bicyclic) bond motifs is 4. The summed E-state index contributed by atoms with van der Waals surface area (Å²) in [5.74, 6) is -3.77. The zero-order valence-electron chi connectivity index (χ0n) is 25.2. The number of aliphatic hydroxyl groups excluding tert-OH is 1. The Labute approximate surface area is 270 Å². The summed E-state index contributed by atoms with van der Waals surface area (Å²) in [5.41, 5.74) is 2.69. The van der Waals surface area contributed by atoms with Crippen molar-refractivity contribution in [2.75, 3.05) is 13.6 Å². The molecule has 2 heterocycles. The van der Waals surface area contributed by atoms with Gasteiger partial charge in [0.1, 0.15) is 12.1 Å². The molecule has 0 radical (unpaired) electrons. The van der Waals surface area contributed by atoms with Crippen molar-refractivity contribution < 1.29 is 29.4 Å². The molecule has 3 saturated carbocycles. The van der Waals surface area contributed by atoms with Gasteiger partial charge in [0.25, 0.3) is 0 Å². The minimum absolute atomic E-state index is 0.0247. The van der Waals surface area contributed by atoms with Crippen LogP contribution in [0, 0.1) is 23.7 Å². The van der Waals surface area contributed by atoms with Crippen LogP contribution in [-0.2, 0) is 32.1 Å². The van der Waals surface area contributed by atoms with Crippen molar-refractivity contribution in [1.29, 1.82) is 0 Å². The number of benzene rings is 2. The van der Waals surface area contributed by atoms with Crippen LogP contribution in [0.25, 0.3) is 10.9 Å². The second-order valence-electron chi connectivity index (χ2n) is 12.9. The minimum Gasteiger partial charge on any atom is -0.481 e. The third kappa shape index (κ3) is 6.24. The highest BCUT2D eigenvalue weighted by atomic mass is 79.9. The number of carboxylic acid groups (broad SMARTS) is 1. The molecular weight excluding hydrogens is 640 g/mol. The van der Waals surface area contributed by atoms with E-state index < -0.39 is 41.9 Å². The maximum atomic E-state index is 14.0. The summed E-state index contributed by atoms with van der Waals surface area (Å²) >= 11 is 3.55. The monoisotopic (exact) mass is 678 g/mol. The maximum Gasteiger partial charge on any atom is 0.307 e. The molecule has 5 unspecified atom stereocenters. The number of aromatic amines is 1. The standard InChI is InChI=1S/C34H39BrN4O6/c1-38(17-21-6-2-4-8-25(21)35)32(42)27(14-22-16-36-26-9-5-3-7-24(22)26)37-31(41)28-15-23(40)18-39(28)33(43)29-19-10-12-20(13-11-19)30(29)34(44)45/h2-9,16,19-20,23,27-30,36,40H,10-15,17-18H2,1H3,(H,37,41)(H,44,45). The quantitative estimate of drug-likeness (QED) is 0.272. The van der Waals surface area contributed by atoms with Crippen molar-refractivity contribution in [1.82, 2.24) is 20.1 Å². The van der Waals surface area contributed by atoms with Gasteiger partial charge in [-0.3, -0.25) is 19.2 Å². The van der Waals surface area contributed by atoms with Crippen molar-refractivity contribution in [3.8, 4) is 0 Å². The van der Waals surface area contributed by atoms with E-state index in [1.165, 1.54) is 4.90 Å². The lowest BCUT2D eigenvalue weighted by molar-refractivity contribution is -0.163. The Kier molecular flexibility index (Phi) is 9.01. The van der Waals surface area contributed by atoms with Gasteiger partial charge in [0.15, 0.2) is 0 Å². The first-order chi connectivity index (χ1) is 21.6. The molecule has 3 aromatic rings. The topological polar surface area (TPSA) is 143 Å². The number of hydrogen-bond donors (Lipinski definition) is 4. The number of aliphatic hydroxyl groups is 1. The summed E-state index contributed by atoms with van der Waals surface area (Å²) in [6.07, 6.45) is 4.33. The Balaban J connectivity index is 1.25. The number of likely N-dealkylation sites (N-methyl/N-ethyl adjacent to an activating group) is 1. The van der Waals surface area contributed by atoms with E-state index in [2.05, 4.69) is 26.2 Å². The van der Waals surface area contributed by atoms with Gasteiger partial charge in [0.05, 0.1) is 17.9 Å². The average molecular weight is 680 g/mol. The zero-order valence-corrected chi connectivity index (χ0v) is 26.8. The fourth-order valence-electron chi connectivity index (χ4n) is 7.87. The van der Waals surface area contributed by atoms with Gasteiger partial charge in [-0.05, 0) is 60.8 Å². The Bertz CT molecular complexity index is 1600. The number of aliphatic carboxylic acids is 1. The molecule has 4 aliphatic rings. The minimum atomic E-state index is -1.01. The molecule has 1 aromatic heterocycles. The van der Waals surface area contributed by atoms with E-state index in [0.717, 1.165) is 52.2 Å². The van der Waals surface area contributed by atoms with Gasteiger partial charge in [-0.25, -0.2) is 0 Å². The number of hydrogen-bond acceptors (Lipinski definition) is 5. The van der Waals surface area contributed by atoms with E-state index in [4.69, 9.17) is 0 Å². The highest BCUT2D eigenvalue weighted by Crippen LogP contribution is 2.50.